The van der Waals surface area contributed by atoms with E-state index < -0.39 is 10.1 Å². The van der Waals surface area contributed by atoms with E-state index >= 15 is 0 Å². The molecule has 1 aromatic heterocycles. The van der Waals surface area contributed by atoms with Gasteiger partial charge in [0, 0.05) is 36.7 Å². The summed E-state index contributed by atoms with van der Waals surface area (Å²) in [5, 5.41) is 0. The van der Waals surface area contributed by atoms with Crippen molar-refractivity contribution in [1.29, 1.82) is 0 Å². The third kappa shape index (κ3) is 6.15. The summed E-state index contributed by atoms with van der Waals surface area (Å²) >= 11 is 0. The van der Waals surface area contributed by atoms with Crippen LogP contribution in [0, 0.1) is 5.92 Å². The van der Waals surface area contributed by atoms with Crippen LogP contribution in [-0.4, -0.2) is 54.2 Å². The van der Waals surface area contributed by atoms with Crippen LogP contribution in [-0.2, 0) is 14.3 Å². The van der Waals surface area contributed by atoms with E-state index in [0.29, 0.717) is 18.7 Å². The highest BCUT2D eigenvalue weighted by atomic mass is 32.2. The Bertz CT molecular complexity index is 902. The van der Waals surface area contributed by atoms with Crippen molar-refractivity contribution < 1.29 is 17.4 Å². The topological polar surface area (TPSA) is 81.5 Å². The lowest BCUT2D eigenvalue weighted by Crippen LogP contribution is -2.42. The van der Waals surface area contributed by atoms with Crippen molar-refractivity contribution in [2.45, 2.75) is 51.6 Å². The molecule has 0 bridgehead atoms. The molecule has 3 rings (SSSR count). The number of likely N-dealkylation sites (tertiary alicyclic amines) is 1. The molecule has 1 saturated heterocycles. The second kappa shape index (κ2) is 10.2. The Morgan fingerprint density at radius 1 is 1.20 bits per heavy atom. The Morgan fingerprint density at radius 2 is 1.90 bits per heavy atom. The van der Waals surface area contributed by atoms with Gasteiger partial charge in [0.2, 0.25) is 0 Å². The van der Waals surface area contributed by atoms with Crippen LogP contribution in [0.15, 0.2) is 43.0 Å². The van der Waals surface area contributed by atoms with Crippen LogP contribution in [0.25, 0.3) is 5.69 Å². The van der Waals surface area contributed by atoms with Gasteiger partial charge < -0.3 is 9.47 Å². The van der Waals surface area contributed by atoms with Crippen molar-refractivity contribution in [2.75, 3.05) is 19.3 Å². The molecule has 2 aromatic rings. The molecule has 1 atom stereocenters. The van der Waals surface area contributed by atoms with Crippen LogP contribution >= 0.6 is 0 Å². The number of imidazole rings is 1. The van der Waals surface area contributed by atoms with Gasteiger partial charge in [-0.2, -0.15) is 8.42 Å². The highest BCUT2D eigenvalue weighted by Gasteiger charge is 2.31. The number of piperidine rings is 1. The van der Waals surface area contributed by atoms with Crippen molar-refractivity contribution in [2.24, 2.45) is 5.92 Å². The maximum Gasteiger partial charge on any atom is 0.264 e. The minimum atomic E-state index is -3.49. The van der Waals surface area contributed by atoms with Gasteiger partial charge in [0.05, 0.1) is 18.7 Å². The zero-order chi connectivity index (χ0) is 21.6. The minimum Gasteiger partial charge on any atom is -0.339 e. The smallest absolute Gasteiger partial charge is 0.264 e. The molecule has 0 spiro atoms. The number of nitrogens with zero attached hydrogens (tertiary/aromatic N) is 3. The molecule has 1 aliphatic heterocycles. The van der Waals surface area contributed by atoms with Crippen molar-refractivity contribution in [1.82, 2.24) is 14.5 Å². The Labute approximate surface area is 179 Å². The van der Waals surface area contributed by atoms with Gasteiger partial charge in [-0.25, -0.2) is 4.98 Å². The van der Waals surface area contributed by atoms with E-state index in [1.165, 1.54) is 0 Å². The van der Waals surface area contributed by atoms with Gasteiger partial charge in [0.25, 0.3) is 16.0 Å². The predicted molar refractivity (Wildman–Crippen MR) is 116 cm³/mol. The first kappa shape index (κ1) is 22.5. The molecule has 1 unspecified atom stereocenters. The number of unbranched alkanes of at least 4 members (excludes halogenated alkanes) is 2. The van der Waals surface area contributed by atoms with Crippen LogP contribution in [0.3, 0.4) is 0 Å². The first-order valence-corrected chi connectivity index (χ1v) is 12.4. The number of aromatic nitrogens is 2. The van der Waals surface area contributed by atoms with Crippen molar-refractivity contribution in [3.8, 4) is 5.69 Å². The third-order valence-electron chi connectivity index (χ3n) is 5.66. The van der Waals surface area contributed by atoms with Crippen molar-refractivity contribution in [3.05, 3.63) is 48.5 Å². The number of hydrogen-bond donors (Lipinski definition) is 0. The number of carbonyl (C=O) groups is 1. The number of benzene rings is 1. The van der Waals surface area contributed by atoms with E-state index in [1.54, 1.807) is 12.5 Å². The molecule has 30 heavy (non-hydrogen) atoms. The number of amides is 1. The van der Waals surface area contributed by atoms with E-state index in [-0.39, 0.29) is 17.9 Å². The fourth-order valence-electron chi connectivity index (χ4n) is 4.03. The maximum absolute atomic E-state index is 12.9. The third-order valence-corrected chi connectivity index (χ3v) is 6.26. The van der Waals surface area contributed by atoms with Gasteiger partial charge >= 0.3 is 0 Å². The predicted octanol–water partition coefficient (Wildman–Crippen LogP) is 3.65. The van der Waals surface area contributed by atoms with E-state index in [4.69, 9.17) is 4.18 Å². The largest absolute Gasteiger partial charge is 0.339 e. The second-order valence-corrected chi connectivity index (χ2v) is 9.58. The number of carbonyl (C=O) groups excluding carboxylic acids is 1. The molecule has 1 amide bonds. The molecule has 0 saturated carbocycles. The van der Waals surface area contributed by atoms with E-state index in [2.05, 4.69) is 11.9 Å². The zero-order valence-electron chi connectivity index (χ0n) is 17.7. The quantitative estimate of drug-likeness (QED) is 0.445. The van der Waals surface area contributed by atoms with Gasteiger partial charge in [-0.3, -0.25) is 8.98 Å². The highest BCUT2D eigenvalue weighted by Crippen LogP contribution is 2.28. The number of hydrogen-bond acceptors (Lipinski definition) is 5. The molecule has 2 heterocycles. The lowest BCUT2D eigenvalue weighted by atomic mass is 9.88. The summed E-state index contributed by atoms with van der Waals surface area (Å²) in [5.41, 5.74) is 1.61. The zero-order valence-corrected chi connectivity index (χ0v) is 18.6. The number of rotatable bonds is 9. The molecule has 0 N–H and O–H groups in total. The monoisotopic (exact) mass is 433 g/mol. The lowest BCUT2D eigenvalue weighted by molar-refractivity contribution is 0.0532. The normalized spacial score (nSPS) is 16.5. The molecule has 8 heteroatoms. The summed E-state index contributed by atoms with van der Waals surface area (Å²) < 4.78 is 30.7. The van der Waals surface area contributed by atoms with Crippen molar-refractivity contribution >= 4 is 16.0 Å². The molecular formula is C22H31N3O4S. The first-order chi connectivity index (χ1) is 14.4. The van der Waals surface area contributed by atoms with Crippen LogP contribution in [0.5, 0.6) is 0 Å². The average Bonchev–Trinajstić information content (AvgIpc) is 3.27. The summed E-state index contributed by atoms with van der Waals surface area (Å²) in [4.78, 5) is 18.8. The van der Waals surface area contributed by atoms with Gasteiger partial charge in [0.15, 0.2) is 0 Å². The summed E-state index contributed by atoms with van der Waals surface area (Å²) in [7, 11) is -3.49. The van der Waals surface area contributed by atoms with Crippen LogP contribution in [0.2, 0.25) is 0 Å². The SMILES string of the molecule is CCCCCC(OS(C)(=O)=O)C1CCN(C(=O)c2ccc(-n3ccnc3)cc2)CC1. The summed E-state index contributed by atoms with van der Waals surface area (Å²) in [6.45, 7) is 3.35. The second-order valence-electron chi connectivity index (χ2n) is 7.98. The molecular weight excluding hydrogens is 402 g/mol. The average molecular weight is 434 g/mol. The van der Waals surface area contributed by atoms with Gasteiger partial charge in [-0.05, 0) is 49.4 Å². The lowest BCUT2D eigenvalue weighted by Gasteiger charge is -2.35. The van der Waals surface area contributed by atoms with Crippen LogP contribution < -0.4 is 0 Å². The summed E-state index contributed by atoms with van der Waals surface area (Å²) in [5.74, 6) is 0.168. The molecule has 164 valence electrons. The Balaban J connectivity index is 1.58. The molecule has 7 nitrogen and oxygen atoms in total. The summed E-state index contributed by atoms with van der Waals surface area (Å²) in [6, 6.07) is 7.49. The van der Waals surface area contributed by atoms with E-state index in [9.17, 15) is 13.2 Å². The molecule has 1 fully saturated rings. The Kier molecular flexibility index (Phi) is 7.66. The van der Waals surface area contributed by atoms with Gasteiger partial charge in [-0.15, -0.1) is 0 Å². The van der Waals surface area contributed by atoms with Gasteiger partial charge in [0.1, 0.15) is 0 Å². The summed E-state index contributed by atoms with van der Waals surface area (Å²) in [6.07, 6.45) is 11.5. The standard InChI is InChI=1S/C22H31N3O4S/c1-3-4-5-6-21(29-30(2,27)28)18-11-14-24(15-12-18)22(26)19-7-9-20(10-8-19)25-16-13-23-17-25/h7-10,13,16-18,21H,3-6,11-12,14-15H2,1-2H3. The fraction of sp³-hybridized carbons (Fsp3) is 0.545. The molecule has 1 aliphatic rings. The Hall–Kier alpha value is -2.19. The first-order valence-electron chi connectivity index (χ1n) is 10.6. The van der Waals surface area contributed by atoms with Gasteiger partial charge in [-0.1, -0.05) is 26.2 Å². The van der Waals surface area contributed by atoms with E-state index in [0.717, 1.165) is 50.5 Å². The highest BCUT2D eigenvalue weighted by molar-refractivity contribution is 7.86. The molecule has 1 aromatic carbocycles. The molecule has 0 aliphatic carbocycles. The molecule has 0 radical (unpaired) electrons. The van der Waals surface area contributed by atoms with Crippen LogP contribution in [0.4, 0.5) is 0 Å². The van der Waals surface area contributed by atoms with Crippen molar-refractivity contribution in [3.63, 3.8) is 0 Å². The minimum absolute atomic E-state index is 0.0113. The van der Waals surface area contributed by atoms with E-state index in [1.807, 2.05) is 39.9 Å². The fourth-order valence-corrected chi connectivity index (χ4v) is 4.73. The Morgan fingerprint density at radius 3 is 2.47 bits per heavy atom. The maximum atomic E-state index is 12.9. The van der Waals surface area contributed by atoms with Crippen LogP contribution in [0.1, 0.15) is 55.8 Å².